The van der Waals surface area contributed by atoms with Crippen molar-refractivity contribution in [2.45, 2.75) is 25.7 Å². The van der Waals surface area contributed by atoms with E-state index in [2.05, 4.69) is 62.8 Å². The van der Waals surface area contributed by atoms with Crippen LogP contribution in [-0.2, 0) is 6.42 Å². The van der Waals surface area contributed by atoms with Crippen molar-refractivity contribution in [1.29, 1.82) is 0 Å². The molecule has 0 radical (unpaired) electrons. The van der Waals surface area contributed by atoms with Crippen LogP contribution >= 0.6 is 38.5 Å². The average molecular weight is 391 g/mol. The van der Waals surface area contributed by atoms with Gasteiger partial charge in [-0.2, -0.15) is 0 Å². The van der Waals surface area contributed by atoms with E-state index in [-0.39, 0.29) is 0 Å². The van der Waals surface area contributed by atoms with E-state index in [1.807, 2.05) is 0 Å². The molecule has 1 aromatic carbocycles. The van der Waals surface area contributed by atoms with E-state index in [4.69, 9.17) is 0 Å². The zero-order chi connectivity index (χ0) is 11.2. The Labute approximate surface area is 119 Å². The van der Waals surface area contributed by atoms with Gasteiger partial charge in [-0.15, -0.1) is 0 Å². The predicted molar refractivity (Wildman–Crippen MR) is 79.9 cm³/mol. The second-order valence-electron chi connectivity index (χ2n) is 5.60. The minimum Gasteiger partial charge on any atom is -0.0922 e. The van der Waals surface area contributed by atoms with E-state index in [0.717, 1.165) is 11.8 Å². The Kier molecular flexibility index (Phi) is 3.07. The van der Waals surface area contributed by atoms with Crippen molar-refractivity contribution in [2.24, 2.45) is 17.3 Å². The van der Waals surface area contributed by atoms with E-state index in [1.54, 1.807) is 0 Å². The monoisotopic (exact) mass is 390 g/mol. The fourth-order valence-corrected chi connectivity index (χ4v) is 4.36. The van der Waals surface area contributed by atoms with Crippen molar-refractivity contribution in [3.8, 4) is 0 Å². The Bertz CT molecular complexity index is 374. The quantitative estimate of drug-likeness (QED) is 0.520. The molecule has 1 aromatic rings. The molecule has 0 N–H and O–H groups in total. The summed E-state index contributed by atoms with van der Waals surface area (Å²) in [5.41, 5.74) is 2.08. The molecule has 0 spiro atoms. The van der Waals surface area contributed by atoms with Gasteiger partial charge in [0.15, 0.2) is 0 Å². The molecule has 0 heterocycles. The molecule has 16 heavy (non-hydrogen) atoms. The Balaban J connectivity index is 1.75. The summed E-state index contributed by atoms with van der Waals surface area (Å²) in [6.45, 7) is 0. The molecule has 2 saturated carbocycles. The van der Waals surface area contributed by atoms with Crippen molar-refractivity contribution in [2.75, 3.05) is 5.33 Å². The van der Waals surface area contributed by atoms with Gasteiger partial charge in [0, 0.05) is 8.90 Å². The van der Waals surface area contributed by atoms with Gasteiger partial charge in [-0.3, -0.25) is 0 Å². The number of hydrogen-bond acceptors (Lipinski definition) is 0. The standard InChI is InChI=1S/C14H16BrI/c15-9-14(7-11-5-12(11)8-14)6-10-1-3-13(16)4-2-10/h1-4,11-12H,5-9H2. The van der Waals surface area contributed by atoms with E-state index < -0.39 is 0 Å². The topological polar surface area (TPSA) is 0 Å². The van der Waals surface area contributed by atoms with Gasteiger partial charge in [0.1, 0.15) is 0 Å². The van der Waals surface area contributed by atoms with Crippen molar-refractivity contribution in [1.82, 2.24) is 0 Å². The molecule has 0 aromatic heterocycles. The molecule has 0 saturated heterocycles. The fourth-order valence-electron chi connectivity index (χ4n) is 3.34. The Morgan fingerprint density at radius 1 is 1.19 bits per heavy atom. The maximum atomic E-state index is 3.75. The normalized spacial score (nSPS) is 36.1. The number of hydrogen-bond donors (Lipinski definition) is 0. The summed E-state index contributed by atoms with van der Waals surface area (Å²) in [5.74, 6) is 2.14. The molecule has 2 fully saturated rings. The van der Waals surface area contributed by atoms with E-state index in [0.29, 0.717) is 5.41 Å². The maximum Gasteiger partial charge on any atom is 0.0130 e. The number of rotatable bonds is 3. The minimum atomic E-state index is 0.570. The van der Waals surface area contributed by atoms with Crippen molar-refractivity contribution in [3.63, 3.8) is 0 Å². The molecule has 0 bridgehead atoms. The molecule has 2 atom stereocenters. The van der Waals surface area contributed by atoms with Crippen LogP contribution < -0.4 is 0 Å². The molecule has 2 heteroatoms. The summed E-state index contributed by atoms with van der Waals surface area (Å²) in [5, 5.41) is 1.18. The second kappa shape index (κ2) is 4.27. The lowest BCUT2D eigenvalue weighted by molar-refractivity contribution is 0.308. The van der Waals surface area contributed by atoms with Crippen LogP contribution in [-0.4, -0.2) is 5.33 Å². The number of fused-ring (bicyclic) bond motifs is 1. The zero-order valence-corrected chi connectivity index (χ0v) is 13.0. The van der Waals surface area contributed by atoms with Gasteiger partial charge in [0.2, 0.25) is 0 Å². The highest BCUT2D eigenvalue weighted by Crippen LogP contribution is 2.61. The smallest absolute Gasteiger partial charge is 0.0130 e. The minimum absolute atomic E-state index is 0.570. The van der Waals surface area contributed by atoms with Crippen molar-refractivity contribution in [3.05, 3.63) is 33.4 Å². The van der Waals surface area contributed by atoms with Crippen molar-refractivity contribution < 1.29 is 0 Å². The molecule has 2 unspecified atom stereocenters. The maximum absolute atomic E-state index is 3.75. The molecule has 86 valence electrons. The van der Waals surface area contributed by atoms with Crippen LogP contribution in [0.25, 0.3) is 0 Å². The molecular weight excluding hydrogens is 375 g/mol. The summed E-state index contributed by atoms with van der Waals surface area (Å²) in [6, 6.07) is 9.06. The molecule has 2 aliphatic carbocycles. The summed E-state index contributed by atoms with van der Waals surface area (Å²) < 4.78 is 1.34. The van der Waals surface area contributed by atoms with Crippen LogP contribution in [0, 0.1) is 20.8 Å². The average Bonchev–Trinajstić information content (AvgIpc) is 2.91. The van der Waals surface area contributed by atoms with Crippen LogP contribution in [0.15, 0.2) is 24.3 Å². The first-order valence-corrected chi connectivity index (χ1v) is 8.21. The lowest BCUT2D eigenvalue weighted by Crippen LogP contribution is -2.23. The number of benzene rings is 1. The highest BCUT2D eigenvalue weighted by molar-refractivity contribution is 14.1. The third kappa shape index (κ3) is 2.20. The zero-order valence-electron chi connectivity index (χ0n) is 9.26. The van der Waals surface area contributed by atoms with Crippen LogP contribution in [0.4, 0.5) is 0 Å². The highest BCUT2D eigenvalue weighted by atomic mass is 127. The van der Waals surface area contributed by atoms with Gasteiger partial charge >= 0.3 is 0 Å². The Morgan fingerprint density at radius 2 is 1.81 bits per heavy atom. The van der Waals surface area contributed by atoms with Gasteiger partial charge < -0.3 is 0 Å². The second-order valence-corrected chi connectivity index (χ2v) is 7.41. The lowest BCUT2D eigenvalue weighted by Gasteiger charge is -2.28. The van der Waals surface area contributed by atoms with Crippen molar-refractivity contribution >= 4 is 38.5 Å². The molecule has 3 rings (SSSR count). The van der Waals surface area contributed by atoms with Gasteiger partial charge in [-0.1, -0.05) is 28.1 Å². The van der Waals surface area contributed by atoms with Crippen LogP contribution in [0.3, 0.4) is 0 Å². The molecule has 2 aliphatic rings. The summed E-state index contributed by atoms with van der Waals surface area (Å²) in [6.07, 6.45) is 5.69. The first-order chi connectivity index (χ1) is 7.71. The highest BCUT2D eigenvalue weighted by Gasteiger charge is 2.52. The fraction of sp³-hybridized carbons (Fsp3) is 0.571. The summed E-state index contributed by atoms with van der Waals surface area (Å²) in [7, 11) is 0. The third-order valence-corrected chi connectivity index (χ3v) is 6.14. The Hall–Kier alpha value is 0.430. The summed E-state index contributed by atoms with van der Waals surface area (Å²) >= 11 is 6.13. The molecule has 0 nitrogen and oxygen atoms in total. The van der Waals surface area contributed by atoms with Gasteiger partial charge in [0.25, 0.3) is 0 Å². The van der Waals surface area contributed by atoms with Crippen LogP contribution in [0.5, 0.6) is 0 Å². The number of alkyl halides is 1. The van der Waals surface area contributed by atoms with Crippen LogP contribution in [0.2, 0.25) is 0 Å². The first kappa shape index (κ1) is 11.5. The lowest BCUT2D eigenvalue weighted by atomic mass is 9.79. The first-order valence-electron chi connectivity index (χ1n) is 6.01. The Morgan fingerprint density at radius 3 is 2.38 bits per heavy atom. The molecular formula is C14H16BrI. The SMILES string of the molecule is BrCC1(Cc2ccc(I)cc2)CC2CC2C1. The van der Waals surface area contributed by atoms with Crippen LogP contribution in [0.1, 0.15) is 24.8 Å². The van der Waals surface area contributed by atoms with Gasteiger partial charge in [-0.25, -0.2) is 0 Å². The largest absolute Gasteiger partial charge is 0.0922 e. The van der Waals surface area contributed by atoms with Gasteiger partial charge in [0.05, 0.1) is 0 Å². The predicted octanol–water partition coefficient (Wildman–Crippen LogP) is 4.64. The number of halogens is 2. The van der Waals surface area contributed by atoms with E-state index >= 15 is 0 Å². The van der Waals surface area contributed by atoms with E-state index in [9.17, 15) is 0 Å². The van der Waals surface area contributed by atoms with E-state index in [1.165, 1.54) is 40.1 Å². The van der Waals surface area contributed by atoms with Gasteiger partial charge in [-0.05, 0) is 83.2 Å². The molecule has 0 amide bonds. The summed E-state index contributed by atoms with van der Waals surface area (Å²) in [4.78, 5) is 0. The molecule has 0 aliphatic heterocycles. The third-order valence-electron chi connectivity index (χ3n) is 4.24.